The number of amides is 1. The fourth-order valence-electron chi connectivity index (χ4n) is 3.24. The molecule has 1 aliphatic heterocycles. The molecule has 0 N–H and O–H groups in total. The van der Waals surface area contributed by atoms with Crippen LogP contribution in [-0.2, 0) is 14.3 Å². The van der Waals surface area contributed by atoms with Gasteiger partial charge in [-0.3, -0.25) is 14.4 Å². The highest BCUT2D eigenvalue weighted by atomic mass is 19.1. The molecule has 3 rings (SSSR count). The topological polar surface area (TPSA) is 72.9 Å². The van der Waals surface area contributed by atoms with Crippen molar-refractivity contribution in [1.29, 1.82) is 0 Å². The molecule has 2 aromatic rings. The van der Waals surface area contributed by atoms with Crippen LogP contribution in [0.1, 0.15) is 28.8 Å². The standard InChI is InChI=1S/C22H22FNO5/c1-28-22(27)17-10-12-24(13-11-17)20(25)14-29-19-8-4-16(5-9-19)21(26)15-2-6-18(23)7-3-15/h2-9,17H,10-14H2,1H3. The van der Waals surface area contributed by atoms with Crippen LogP contribution in [0.4, 0.5) is 4.39 Å². The number of ether oxygens (including phenoxy) is 2. The van der Waals surface area contributed by atoms with E-state index in [0.29, 0.717) is 42.8 Å². The Morgan fingerprint density at radius 1 is 0.966 bits per heavy atom. The van der Waals surface area contributed by atoms with E-state index in [1.807, 2.05) is 0 Å². The smallest absolute Gasteiger partial charge is 0.308 e. The normalized spacial score (nSPS) is 14.3. The molecule has 152 valence electrons. The third-order valence-electron chi connectivity index (χ3n) is 4.97. The Morgan fingerprint density at radius 3 is 2.07 bits per heavy atom. The van der Waals surface area contributed by atoms with Crippen LogP contribution in [-0.4, -0.2) is 49.4 Å². The number of likely N-dealkylation sites (tertiary alicyclic amines) is 1. The van der Waals surface area contributed by atoms with Crippen LogP contribution < -0.4 is 4.74 Å². The number of methoxy groups -OCH3 is 1. The van der Waals surface area contributed by atoms with Crippen molar-refractivity contribution in [3.8, 4) is 5.75 Å². The number of ketones is 1. The third-order valence-corrected chi connectivity index (χ3v) is 4.97. The van der Waals surface area contributed by atoms with Gasteiger partial charge in [0.15, 0.2) is 12.4 Å². The predicted molar refractivity (Wildman–Crippen MR) is 103 cm³/mol. The Bertz CT molecular complexity index is 871. The van der Waals surface area contributed by atoms with E-state index in [0.717, 1.165) is 0 Å². The Balaban J connectivity index is 1.50. The molecule has 0 aliphatic carbocycles. The van der Waals surface area contributed by atoms with E-state index in [9.17, 15) is 18.8 Å². The first-order valence-corrected chi connectivity index (χ1v) is 9.36. The van der Waals surface area contributed by atoms with Gasteiger partial charge in [0.05, 0.1) is 13.0 Å². The highest BCUT2D eigenvalue weighted by molar-refractivity contribution is 6.09. The van der Waals surface area contributed by atoms with E-state index in [4.69, 9.17) is 9.47 Å². The zero-order valence-corrected chi connectivity index (χ0v) is 16.1. The van der Waals surface area contributed by atoms with E-state index in [1.165, 1.54) is 31.4 Å². The molecule has 2 aromatic carbocycles. The second-order valence-corrected chi connectivity index (χ2v) is 6.83. The molecule has 1 fully saturated rings. The predicted octanol–water partition coefficient (Wildman–Crippen LogP) is 2.85. The zero-order chi connectivity index (χ0) is 20.8. The fraction of sp³-hybridized carbons (Fsp3) is 0.318. The Hall–Kier alpha value is -3.22. The number of piperidine rings is 1. The van der Waals surface area contributed by atoms with Crippen molar-refractivity contribution in [3.63, 3.8) is 0 Å². The molecule has 1 saturated heterocycles. The van der Waals surface area contributed by atoms with Gasteiger partial charge in [-0.2, -0.15) is 0 Å². The van der Waals surface area contributed by atoms with Crippen molar-refractivity contribution in [2.75, 3.05) is 26.8 Å². The molecule has 1 amide bonds. The number of carbonyl (C=O) groups excluding carboxylic acids is 3. The number of esters is 1. The first-order chi connectivity index (χ1) is 14.0. The van der Waals surface area contributed by atoms with Gasteiger partial charge in [-0.05, 0) is 61.4 Å². The summed E-state index contributed by atoms with van der Waals surface area (Å²) < 4.78 is 23.3. The van der Waals surface area contributed by atoms with Gasteiger partial charge in [-0.25, -0.2) is 4.39 Å². The fourth-order valence-corrected chi connectivity index (χ4v) is 3.24. The lowest BCUT2D eigenvalue weighted by Gasteiger charge is -2.30. The number of rotatable bonds is 6. The molecule has 6 nitrogen and oxygen atoms in total. The van der Waals surface area contributed by atoms with Gasteiger partial charge in [-0.15, -0.1) is 0 Å². The molecule has 0 aromatic heterocycles. The number of nitrogens with zero attached hydrogens (tertiary/aromatic N) is 1. The number of benzene rings is 2. The highest BCUT2D eigenvalue weighted by Crippen LogP contribution is 2.19. The Morgan fingerprint density at radius 2 is 1.52 bits per heavy atom. The van der Waals surface area contributed by atoms with E-state index in [2.05, 4.69) is 0 Å². The molecule has 1 heterocycles. The first kappa shape index (κ1) is 20.5. The van der Waals surface area contributed by atoms with Crippen molar-refractivity contribution in [2.24, 2.45) is 5.92 Å². The molecule has 0 saturated carbocycles. The van der Waals surface area contributed by atoms with Crippen LogP contribution in [0.5, 0.6) is 5.75 Å². The quantitative estimate of drug-likeness (QED) is 0.552. The van der Waals surface area contributed by atoms with Crippen molar-refractivity contribution < 1.29 is 28.2 Å². The van der Waals surface area contributed by atoms with Gasteiger partial charge in [0.2, 0.25) is 0 Å². The molecule has 0 radical (unpaired) electrons. The summed E-state index contributed by atoms with van der Waals surface area (Å²) in [6, 6.07) is 11.8. The minimum absolute atomic E-state index is 0.117. The lowest BCUT2D eigenvalue weighted by Crippen LogP contribution is -2.42. The summed E-state index contributed by atoms with van der Waals surface area (Å²) in [7, 11) is 1.37. The monoisotopic (exact) mass is 399 g/mol. The molecule has 0 bridgehead atoms. The molecule has 7 heteroatoms. The number of hydrogen-bond donors (Lipinski definition) is 0. The average Bonchev–Trinajstić information content (AvgIpc) is 2.77. The minimum Gasteiger partial charge on any atom is -0.484 e. The van der Waals surface area contributed by atoms with Crippen molar-refractivity contribution in [2.45, 2.75) is 12.8 Å². The summed E-state index contributed by atoms with van der Waals surface area (Å²) in [5, 5.41) is 0. The van der Waals surface area contributed by atoms with E-state index >= 15 is 0 Å². The SMILES string of the molecule is COC(=O)C1CCN(C(=O)COc2ccc(C(=O)c3ccc(F)cc3)cc2)CC1. The van der Waals surface area contributed by atoms with Crippen LogP contribution in [0, 0.1) is 11.7 Å². The number of halogens is 1. The van der Waals surface area contributed by atoms with Gasteiger partial charge >= 0.3 is 5.97 Å². The number of hydrogen-bond acceptors (Lipinski definition) is 5. The summed E-state index contributed by atoms with van der Waals surface area (Å²) in [5.41, 5.74) is 0.839. The molecule has 29 heavy (non-hydrogen) atoms. The molecular weight excluding hydrogens is 377 g/mol. The second kappa shape index (κ2) is 9.32. The lowest BCUT2D eigenvalue weighted by atomic mass is 9.97. The first-order valence-electron chi connectivity index (χ1n) is 9.36. The van der Waals surface area contributed by atoms with Crippen LogP contribution in [0.25, 0.3) is 0 Å². The maximum absolute atomic E-state index is 13.0. The van der Waals surface area contributed by atoms with Crippen molar-refractivity contribution in [1.82, 2.24) is 4.90 Å². The van der Waals surface area contributed by atoms with Gasteiger partial charge in [0.1, 0.15) is 11.6 Å². The molecule has 0 spiro atoms. The summed E-state index contributed by atoms with van der Waals surface area (Å²) in [6.07, 6.45) is 1.16. The van der Waals surface area contributed by atoms with Crippen LogP contribution in [0.3, 0.4) is 0 Å². The Kier molecular flexibility index (Phi) is 6.59. The summed E-state index contributed by atoms with van der Waals surface area (Å²) in [5.74, 6) is -0.691. The second-order valence-electron chi connectivity index (χ2n) is 6.83. The van der Waals surface area contributed by atoms with Crippen LogP contribution in [0.15, 0.2) is 48.5 Å². The summed E-state index contributed by atoms with van der Waals surface area (Å²) in [6.45, 7) is 0.869. The summed E-state index contributed by atoms with van der Waals surface area (Å²) >= 11 is 0. The molecule has 1 aliphatic rings. The number of carbonyl (C=O) groups is 3. The van der Waals surface area contributed by atoms with Gasteiger partial charge in [0, 0.05) is 24.2 Å². The van der Waals surface area contributed by atoms with Crippen molar-refractivity contribution in [3.05, 3.63) is 65.5 Å². The van der Waals surface area contributed by atoms with E-state index < -0.39 is 5.82 Å². The van der Waals surface area contributed by atoms with E-state index in [-0.39, 0.29) is 30.2 Å². The minimum atomic E-state index is -0.399. The lowest BCUT2D eigenvalue weighted by molar-refractivity contribution is -0.149. The average molecular weight is 399 g/mol. The van der Waals surface area contributed by atoms with Crippen molar-refractivity contribution >= 4 is 17.7 Å². The largest absolute Gasteiger partial charge is 0.484 e. The Labute approximate surface area is 168 Å². The molecule has 0 unspecified atom stereocenters. The van der Waals surface area contributed by atoms with Gasteiger partial charge in [-0.1, -0.05) is 0 Å². The third kappa shape index (κ3) is 5.19. The maximum atomic E-state index is 13.0. The zero-order valence-electron chi connectivity index (χ0n) is 16.1. The van der Waals surface area contributed by atoms with Crippen LogP contribution >= 0.6 is 0 Å². The van der Waals surface area contributed by atoms with Gasteiger partial charge < -0.3 is 14.4 Å². The molecule has 0 atom stereocenters. The molecular formula is C22H22FNO5. The van der Waals surface area contributed by atoms with Gasteiger partial charge in [0.25, 0.3) is 5.91 Å². The van der Waals surface area contributed by atoms with E-state index in [1.54, 1.807) is 29.2 Å². The maximum Gasteiger partial charge on any atom is 0.308 e. The van der Waals surface area contributed by atoms with Crippen LogP contribution in [0.2, 0.25) is 0 Å². The highest BCUT2D eigenvalue weighted by Gasteiger charge is 2.27. The summed E-state index contributed by atoms with van der Waals surface area (Å²) in [4.78, 5) is 37.9.